The van der Waals surface area contributed by atoms with Crippen molar-refractivity contribution in [2.75, 3.05) is 19.5 Å². The van der Waals surface area contributed by atoms with Crippen molar-refractivity contribution in [3.63, 3.8) is 0 Å². The third-order valence-corrected chi connectivity index (χ3v) is 7.31. The summed E-state index contributed by atoms with van der Waals surface area (Å²) >= 11 is 3.43. The quantitative estimate of drug-likeness (QED) is 0.154. The van der Waals surface area contributed by atoms with Gasteiger partial charge in [0.05, 0.1) is 25.7 Å². The Morgan fingerprint density at radius 3 is 2.41 bits per heavy atom. The van der Waals surface area contributed by atoms with Gasteiger partial charge in [0.25, 0.3) is 0 Å². The summed E-state index contributed by atoms with van der Waals surface area (Å²) in [5, 5.41) is 0.733. The average Bonchev–Trinajstić information content (AvgIpc) is 3.05. The van der Waals surface area contributed by atoms with E-state index in [0.29, 0.717) is 24.8 Å². The van der Waals surface area contributed by atoms with E-state index < -0.39 is 15.3 Å². The van der Waals surface area contributed by atoms with Crippen LogP contribution in [0, 0.1) is 12.8 Å². The molecule has 0 radical (unpaired) electrons. The molecule has 6 nitrogen and oxygen atoms in total. The summed E-state index contributed by atoms with van der Waals surface area (Å²) in [6.45, 7) is 14.4. The molecule has 1 aliphatic heterocycles. The predicted molar refractivity (Wildman–Crippen MR) is 141 cm³/mol. The SMILES string of the molecule is COC(=O)C(CCBr)CC(C)=CCc1c(OC)c(C)c2c(c1C(C)(C)C)C(=O)OC2O[SiH](C)C. The molecule has 0 N–H and O–H groups in total. The lowest BCUT2D eigenvalue weighted by molar-refractivity contribution is -0.145. The molecule has 0 saturated heterocycles. The largest absolute Gasteiger partial charge is 0.496 e. The van der Waals surface area contributed by atoms with Gasteiger partial charge < -0.3 is 18.6 Å². The maximum absolute atomic E-state index is 13.1. The number of alkyl halides is 1. The van der Waals surface area contributed by atoms with Gasteiger partial charge >= 0.3 is 11.9 Å². The summed E-state index contributed by atoms with van der Waals surface area (Å²) < 4.78 is 22.7. The van der Waals surface area contributed by atoms with Crippen LogP contribution in [0.5, 0.6) is 5.75 Å². The summed E-state index contributed by atoms with van der Waals surface area (Å²) in [6.07, 6.45) is 3.35. The summed E-state index contributed by atoms with van der Waals surface area (Å²) in [6, 6.07) is 0. The second-order valence-electron chi connectivity index (χ2n) is 10.1. The van der Waals surface area contributed by atoms with Crippen LogP contribution >= 0.6 is 15.9 Å². The Bertz CT molecular complexity index is 948. The van der Waals surface area contributed by atoms with Crippen molar-refractivity contribution in [1.29, 1.82) is 0 Å². The van der Waals surface area contributed by atoms with Gasteiger partial charge in [0.15, 0.2) is 9.04 Å². The Morgan fingerprint density at radius 2 is 1.91 bits per heavy atom. The first-order valence-electron chi connectivity index (χ1n) is 11.8. The molecule has 0 aromatic heterocycles. The Labute approximate surface area is 214 Å². The van der Waals surface area contributed by atoms with E-state index in [1.54, 1.807) is 7.11 Å². The van der Waals surface area contributed by atoms with E-state index in [0.717, 1.165) is 38.9 Å². The van der Waals surface area contributed by atoms with Crippen molar-refractivity contribution in [2.45, 2.75) is 78.7 Å². The number of rotatable bonds is 10. The Hall–Kier alpha value is -1.64. The van der Waals surface area contributed by atoms with Crippen molar-refractivity contribution in [2.24, 2.45) is 5.92 Å². The third kappa shape index (κ3) is 6.32. The number of ether oxygens (including phenoxy) is 3. The van der Waals surface area contributed by atoms with Crippen LogP contribution in [0.1, 0.15) is 79.4 Å². The normalized spacial score (nSPS) is 17.0. The van der Waals surface area contributed by atoms with Crippen LogP contribution in [0.3, 0.4) is 0 Å². The second kappa shape index (κ2) is 11.9. The zero-order chi connectivity index (χ0) is 25.8. The Balaban J connectivity index is 2.60. The Kier molecular flexibility index (Phi) is 9.98. The number of methoxy groups -OCH3 is 2. The predicted octanol–water partition coefficient (Wildman–Crippen LogP) is 5.92. The molecule has 1 aliphatic rings. The minimum atomic E-state index is -1.45. The third-order valence-electron chi connectivity index (χ3n) is 6.06. The first kappa shape index (κ1) is 28.6. The molecule has 8 heteroatoms. The van der Waals surface area contributed by atoms with Crippen molar-refractivity contribution >= 4 is 36.9 Å². The minimum Gasteiger partial charge on any atom is -0.496 e. The smallest absolute Gasteiger partial charge is 0.341 e. The molecular formula is C26H39BrO6Si. The van der Waals surface area contributed by atoms with E-state index in [9.17, 15) is 9.59 Å². The van der Waals surface area contributed by atoms with Gasteiger partial charge in [0.1, 0.15) is 5.75 Å². The first-order valence-corrected chi connectivity index (χ1v) is 15.7. The molecule has 0 saturated carbocycles. The highest BCUT2D eigenvalue weighted by Crippen LogP contribution is 2.47. The Morgan fingerprint density at radius 1 is 1.26 bits per heavy atom. The number of carbonyl (C=O) groups excluding carboxylic acids is 2. The topological polar surface area (TPSA) is 71.1 Å². The summed E-state index contributed by atoms with van der Waals surface area (Å²) in [4.78, 5) is 25.3. The number of esters is 2. The van der Waals surface area contributed by atoms with E-state index in [-0.39, 0.29) is 23.3 Å². The summed E-state index contributed by atoms with van der Waals surface area (Å²) in [5.41, 5.74) is 4.95. The number of cyclic esters (lactones) is 1. The van der Waals surface area contributed by atoms with E-state index in [4.69, 9.17) is 18.6 Å². The summed E-state index contributed by atoms with van der Waals surface area (Å²) in [7, 11) is 1.63. The van der Waals surface area contributed by atoms with Crippen molar-refractivity contribution in [3.05, 3.63) is 39.5 Å². The van der Waals surface area contributed by atoms with Gasteiger partial charge in [-0.1, -0.05) is 48.4 Å². The molecule has 34 heavy (non-hydrogen) atoms. The van der Waals surface area contributed by atoms with Crippen LogP contribution in [0.15, 0.2) is 11.6 Å². The minimum absolute atomic E-state index is 0.195. The monoisotopic (exact) mass is 554 g/mol. The molecule has 0 spiro atoms. The molecule has 0 fully saturated rings. The van der Waals surface area contributed by atoms with Crippen LogP contribution in [-0.2, 0) is 30.5 Å². The maximum atomic E-state index is 13.1. The van der Waals surface area contributed by atoms with Gasteiger partial charge in [-0.05, 0) is 57.2 Å². The van der Waals surface area contributed by atoms with E-state index in [1.165, 1.54) is 7.11 Å². The number of carbonyl (C=O) groups is 2. The van der Waals surface area contributed by atoms with Crippen LogP contribution in [0.25, 0.3) is 0 Å². The van der Waals surface area contributed by atoms with Crippen molar-refractivity contribution in [1.82, 2.24) is 0 Å². The molecule has 2 unspecified atom stereocenters. The standard InChI is InChI=1S/C26H39BrO6Si/c1-15(14-17(12-13-27)23(28)31-7)10-11-18-21(26(3,4)5)20-19(16(2)22(18)30-6)25(32-24(20)29)33-34(8)9/h10,17,25,34H,11-14H2,1-9H3. The zero-order valence-electron chi connectivity index (χ0n) is 22.0. The molecular weight excluding hydrogens is 516 g/mol. The van der Waals surface area contributed by atoms with Crippen LogP contribution in [0.4, 0.5) is 0 Å². The highest BCUT2D eigenvalue weighted by Gasteiger charge is 2.41. The van der Waals surface area contributed by atoms with Gasteiger partial charge in [-0.3, -0.25) is 4.79 Å². The van der Waals surface area contributed by atoms with Gasteiger partial charge in [0, 0.05) is 22.0 Å². The number of fused-ring (bicyclic) bond motifs is 1. The van der Waals surface area contributed by atoms with E-state index in [1.807, 2.05) is 13.8 Å². The van der Waals surface area contributed by atoms with E-state index >= 15 is 0 Å². The molecule has 1 aromatic carbocycles. The highest BCUT2D eigenvalue weighted by atomic mass is 79.9. The number of halogens is 1. The van der Waals surface area contributed by atoms with Crippen LogP contribution < -0.4 is 4.74 Å². The van der Waals surface area contributed by atoms with Crippen LogP contribution in [0.2, 0.25) is 13.1 Å². The molecule has 2 rings (SSSR count). The maximum Gasteiger partial charge on any atom is 0.341 e. The van der Waals surface area contributed by atoms with Crippen molar-refractivity contribution < 1.29 is 28.2 Å². The molecule has 190 valence electrons. The zero-order valence-corrected chi connectivity index (χ0v) is 24.7. The van der Waals surface area contributed by atoms with Gasteiger partial charge in [0.2, 0.25) is 6.29 Å². The van der Waals surface area contributed by atoms with Crippen LogP contribution in [-0.4, -0.2) is 40.5 Å². The molecule has 0 amide bonds. The molecule has 0 bridgehead atoms. The van der Waals surface area contributed by atoms with Crippen molar-refractivity contribution in [3.8, 4) is 5.75 Å². The van der Waals surface area contributed by atoms with Gasteiger partial charge in [-0.2, -0.15) is 0 Å². The lowest BCUT2D eigenvalue weighted by Gasteiger charge is -2.28. The van der Waals surface area contributed by atoms with E-state index in [2.05, 4.69) is 55.9 Å². The number of hydrogen-bond donors (Lipinski definition) is 0. The fraction of sp³-hybridized carbons (Fsp3) is 0.615. The fourth-order valence-corrected chi connectivity index (χ4v) is 5.89. The summed E-state index contributed by atoms with van der Waals surface area (Å²) in [5.74, 6) is 0.0286. The first-order chi connectivity index (χ1) is 15.9. The number of hydrogen-bond acceptors (Lipinski definition) is 6. The number of allylic oxidation sites excluding steroid dienone is 2. The molecule has 1 heterocycles. The highest BCUT2D eigenvalue weighted by molar-refractivity contribution is 9.09. The lowest BCUT2D eigenvalue weighted by atomic mass is 9.76. The molecule has 1 aromatic rings. The second-order valence-corrected chi connectivity index (χ2v) is 13.3. The molecule has 0 aliphatic carbocycles. The molecule has 2 atom stereocenters. The fourth-order valence-electron chi connectivity index (χ4n) is 4.65. The van der Waals surface area contributed by atoms with Gasteiger partial charge in [-0.25, -0.2) is 4.79 Å². The number of benzene rings is 1. The average molecular weight is 556 g/mol. The lowest BCUT2D eigenvalue weighted by Crippen LogP contribution is -2.21. The van der Waals surface area contributed by atoms with Gasteiger partial charge in [-0.15, -0.1) is 0 Å².